The Hall–Kier alpha value is -0.820. The lowest BCUT2D eigenvalue weighted by molar-refractivity contribution is 0.110. The average Bonchev–Trinajstić information content (AvgIpc) is 2.17. The summed E-state index contributed by atoms with van der Waals surface area (Å²) >= 11 is 0. The highest BCUT2D eigenvalue weighted by Gasteiger charge is 2.08. The third-order valence-electron chi connectivity index (χ3n) is 2.45. The zero-order valence-electron chi connectivity index (χ0n) is 7.47. The molecule has 0 N–H and O–H groups in total. The summed E-state index contributed by atoms with van der Waals surface area (Å²) in [6.45, 7) is 3.89. The zero-order valence-corrected chi connectivity index (χ0v) is 7.47. The van der Waals surface area contributed by atoms with Gasteiger partial charge in [0.1, 0.15) is 0 Å². The van der Waals surface area contributed by atoms with Gasteiger partial charge in [0.05, 0.1) is 13.2 Å². The van der Waals surface area contributed by atoms with E-state index in [0.717, 1.165) is 26.1 Å². The van der Waals surface area contributed by atoms with Crippen LogP contribution in [0.15, 0.2) is 18.2 Å². The van der Waals surface area contributed by atoms with Gasteiger partial charge in [-0.25, -0.2) is 0 Å². The number of fused-ring (bicyclic) bond motifs is 1. The van der Waals surface area contributed by atoms with E-state index in [-0.39, 0.29) is 0 Å². The molecule has 0 radical (unpaired) electrons. The van der Waals surface area contributed by atoms with Crippen LogP contribution in [0.2, 0.25) is 0 Å². The summed E-state index contributed by atoms with van der Waals surface area (Å²) in [4.78, 5) is 0. The first-order chi connectivity index (χ1) is 5.90. The van der Waals surface area contributed by atoms with Crippen molar-refractivity contribution in [1.29, 1.82) is 0 Å². The van der Waals surface area contributed by atoms with Crippen molar-refractivity contribution in [3.63, 3.8) is 0 Å². The summed E-state index contributed by atoms with van der Waals surface area (Å²) in [6, 6.07) is 6.72. The SMILES string of the molecule is CCc1ccc2c(c1)CCOC2. The summed E-state index contributed by atoms with van der Waals surface area (Å²) in [5.74, 6) is 0. The monoisotopic (exact) mass is 162 g/mol. The van der Waals surface area contributed by atoms with Gasteiger partial charge in [-0.3, -0.25) is 0 Å². The van der Waals surface area contributed by atoms with Crippen molar-refractivity contribution in [3.8, 4) is 0 Å². The maximum atomic E-state index is 5.37. The minimum Gasteiger partial charge on any atom is -0.376 e. The van der Waals surface area contributed by atoms with E-state index in [0.29, 0.717) is 0 Å². The van der Waals surface area contributed by atoms with E-state index >= 15 is 0 Å². The van der Waals surface area contributed by atoms with Crippen LogP contribution in [0.25, 0.3) is 0 Å². The molecule has 64 valence electrons. The van der Waals surface area contributed by atoms with Gasteiger partial charge >= 0.3 is 0 Å². The van der Waals surface area contributed by atoms with Gasteiger partial charge in [0, 0.05) is 0 Å². The average molecular weight is 162 g/mol. The molecule has 1 aliphatic rings. The van der Waals surface area contributed by atoms with Crippen molar-refractivity contribution >= 4 is 0 Å². The molecule has 0 spiro atoms. The van der Waals surface area contributed by atoms with E-state index in [1.807, 2.05) is 0 Å². The van der Waals surface area contributed by atoms with Gasteiger partial charge in [0.2, 0.25) is 0 Å². The van der Waals surface area contributed by atoms with E-state index < -0.39 is 0 Å². The van der Waals surface area contributed by atoms with Crippen molar-refractivity contribution < 1.29 is 4.74 Å². The van der Waals surface area contributed by atoms with E-state index in [1.165, 1.54) is 16.7 Å². The van der Waals surface area contributed by atoms with Gasteiger partial charge in [-0.1, -0.05) is 25.1 Å². The highest BCUT2D eigenvalue weighted by molar-refractivity contribution is 5.32. The summed E-state index contributed by atoms with van der Waals surface area (Å²) < 4.78 is 5.37. The molecule has 0 aromatic heterocycles. The van der Waals surface area contributed by atoms with Gasteiger partial charge in [-0.2, -0.15) is 0 Å². The van der Waals surface area contributed by atoms with Crippen LogP contribution in [0.5, 0.6) is 0 Å². The fourth-order valence-corrected chi connectivity index (χ4v) is 1.64. The Morgan fingerprint density at radius 3 is 3.08 bits per heavy atom. The molecule has 0 bridgehead atoms. The number of ether oxygens (including phenoxy) is 1. The van der Waals surface area contributed by atoms with Crippen molar-refractivity contribution in [2.75, 3.05) is 6.61 Å². The third kappa shape index (κ3) is 1.37. The fraction of sp³-hybridized carbons (Fsp3) is 0.455. The standard InChI is InChI=1S/C11H14O/c1-2-9-3-4-11-8-12-6-5-10(11)7-9/h3-4,7H,2,5-6,8H2,1H3. The normalized spacial score (nSPS) is 15.8. The number of aryl methyl sites for hydroxylation is 1. The Bertz CT molecular complexity index is 278. The van der Waals surface area contributed by atoms with Crippen LogP contribution in [0.4, 0.5) is 0 Å². The van der Waals surface area contributed by atoms with Crippen LogP contribution in [0, 0.1) is 0 Å². The smallest absolute Gasteiger partial charge is 0.0719 e. The summed E-state index contributed by atoms with van der Waals surface area (Å²) in [6.07, 6.45) is 2.22. The Morgan fingerprint density at radius 1 is 1.33 bits per heavy atom. The predicted molar refractivity (Wildman–Crippen MR) is 49.2 cm³/mol. The first-order valence-corrected chi connectivity index (χ1v) is 4.58. The van der Waals surface area contributed by atoms with Crippen LogP contribution in [0.1, 0.15) is 23.6 Å². The van der Waals surface area contributed by atoms with E-state index in [9.17, 15) is 0 Å². The van der Waals surface area contributed by atoms with Crippen LogP contribution in [-0.2, 0) is 24.2 Å². The van der Waals surface area contributed by atoms with Gasteiger partial charge in [0.15, 0.2) is 0 Å². The van der Waals surface area contributed by atoms with Crippen molar-refractivity contribution in [2.24, 2.45) is 0 Å². The lowest BCUT2D eigenvalue weighted by atomic mass is 9.99. The Balaban J connectivity index is 2.36. The summed E-state index contributed by atoms with van der Waals surface area (Å²) in [7, 11) is 0. The molecule has 0 fully saturated rings. The quantitative estimate of drug-likeness (QED) is 0.615. The lowest BCUT2D eigenvalue weighted by Gasteiger charge is -2.16. The highest BCUT2D eigenvalue weighted by Crippen LogP contribution is 2.18. The van der Waals surface area contributed by atoms with Crippen LogP contribution in [-0.4, -0.2) is 6.61 Å². The van der Waals surface area contributed by atoms with Gasteiger partial charge in [-0.15, -0.1) is 0 Å². The van der Waals surface area contributed by atoms with E-state index in [2.05, 4.69) is 25.1 Å². The molecule has 0 saturated heterocycles. The molecule has 0 amide bonds. The fourth-order valence-electron chi connectivity index (χ4n) is 1.64. The maximum Gasteiger partial charge on any atom is 0.0719 e. The molecule has 1 aromatic rings. The molecule has 1 aliphatic heterocycles. The van der Waals surface area contributed by atoms with E-state index in [4.69, 9.17) is 4.74 Å². The van der Waals surface area contributed by atoms with Crippen molar-refractivity contribution in [2.45, 2.75) is 26.4 Å². The van der Waals surface area contributed by atoms with Crippen LogP contribution < -0.4 is 0 Å². The van der Waals surface area contributed by atoms with Gasteiger partial charge in [0.25, 0.3) is 0 Å². The molecule has 1 aromatic carbocycles. The zero-order chi connectivity index (χ0) is 8.39. The minimum absolute atomic E-state index is 0.805. The third-order valence-corrected chi connectivity index (χ3v) is 2.45. The minimum atomic E-state index is 0.805. The number of hydrogen-bond acceptors (Lipinski definition) is 1. The lowest BCUT2D eigenvalue weighted by Crippen LogP contribution is -2.09. The second-order valence-electron chi connectivity index (χ2n) is 3.26. The molecule has 0 unspecified atom stereocenters. The molecule has 0 aliphatic carbocycles. The van der Waals surface area contributed by atoms with Gasteiger partial charge in [-0.05, 0) is 29.5 Å². The largest absolute Gasteiger partial charge is 0.376 e. The number of benzene rings is 1. The van der Waals surface area contributed by atoms with E-state index in [1.54, 1.807) is 0 Å². The summed E-state index contributed by atoms with van der Waals surface area (Å²) in [5, 5.41) is 0. The molecule has 2 rings (SSSR count). The van der Waals surface area contributed by atoms with Crippen LogP contribution in [0.3, 0.4) is 0 Å². The maximum absolute atomic E-state index is 5.37. The molecule has 12 heavy (non-hydrogen) atoms. The number of rotatable bonds is 1. The molecule has 0 saturated carbocycles. The first-order valence-electron chi connectivity index (χ1n) is 4.58. The molecule has 1 heteroatoms. The highest BCUT2D eigenvalue weighted by atomic mass is 16.5. The van der Waals surface area contributed by atoms with Crippen LogP contribution >= 0.6 is 0 Å². The topological polar surface area (TPSA) is 9.23 Å². The molecule has 1 nitrogen and oxygen atoms in total. The second-order valence-corrected chi connectivity index (χ2v) is 3.26. The number of hydrogen-bond donors (Lipinski definition) is 0. The molecule has 0 atom stereocenters. The Morgan fingerprint density at radius 2 is 2.25 bits per heavy atom. The Kier molecular flexibility index (Phi) is 2.13. The van der Waals surface area contributed by atoms with Gasteiger partial charge < -0.3 is 4.74 Å². The predicted octanol–water partition coefficient (Wildman–Crippen LogP) is 2.32. The molecule has 1 heterocycles. The second kappa shape index (κ2) is 3.28. The summed E-state index contributed by atoms with van der Waals surface area (Å²) in [5.41, 5.74) is 4.30. The van der Waals surface area contributed by atoms with Crippen molar-refractivity contribution in [3.05, 3.63) is 34.9 Å². The molecular weight excluding hydrogens is 148 g/mol. The molecular formula is C11H14O. The van der Waals surface area contributed by atoms with Crippen molar-refractivity contribution in [1.82, 2.24) is 0 Å². The first kappa shape index (κ1) is 7.81. The Labute approximate surface area is 73.4 Å².